The number of aliphatic hydroxyl groups is 1. The fourth-order valence-electron chi connectivity index (χ4n) is 6.34. The van der Waals surface area contributed by atoms with Gasteiger partial charge < -0.3 is 19.5 Å². The van der Waals surface area contributed by atoms with Gasteiger partial charge in [-0.2, -0.15) is 0 Å². The Bertz CT molecular complexity index is 679. The van der Waals surface area contributed by atoms with Gasteiger partial charge in [-0.15, -0.1) is 0 Å². The Labute approximate surface area is 297 Å². The van der Waals surface area contributed by atoms with Crippen LogP contribution in [0.3, 0.4) is 0 Å². The van der Waals surface area contributed by atoms with Gasteiger partial charge in [0, 0.05) is 13.0 Å². The molecular formula is C41H80FNO5. The van der Waals surface area contributed by atoms with Gasteiger partial charge in [0.25, 0.3) is 0 Å². The second kappa shape index (κ2) is 38.6. The Morgan fingerprint density at radius 1 is 0.542 bits per heavy atom. The van der Waals surface area contributed by atoms with Crippen molar-refractivity contribution in [2.45, 2.75) is 200 Å². The summed E-state index contributed by atoms with van der Waals surface area (Å²) in [5.74, 6) is -0.0414. The van der Waals surface area contributed by atoms with Crippen molar-refractivity contribution in [2.24, 2.45) is 5.92 Å². The molecule has 7 heteroatoms. The standard InChI is InChI=1S/C41H80FNO5/c1-3-5-7-8-10-18-27-37-47-40(45)31-21-13-12-17-24-34-43(35-25-26-36-44)33-23-16-9-11-19-28-38-48-41(46)39(29-6-4-2)30-20-14-15-22-32-42/h39,44H,3-38H2,1-2H3. The number of nitrogens with zero attached hydrogens (tertiary/aromatic N) is 1. The van der Waals surface area contributed by atoms with Gasteiger partial charge in [-0.25, -0.2) is 0 Å². The highest BCUT2D eigenvalue weighted by molar-refractivity contribution is 5.72. The van der Waals surface area contributed by atoms with Crippen molar-refractivity contribution in [2.75, 3.05) is 46.1 Å². The third-order valence-electron chi connectivity index (χ3n) is 9.54. The van der Waals surface area contributed by atoms with E-state index in [1.165, 1.54) is 83.5 Å². The molecule has 1 N–H and O–H groups in total. The van der Waals surface area contributed by atoms with Gasteiger partial charge in [0.15, 0.2) is 0 Å². The molecule has 0 fully saturated rings. The number of alkyl halides is 1. The fraction of sp³-hybridized carbons (Fsp3) is 0.951. The molecule has 6 nitrogen and oxygen atoms in total. The van der Waals surface area contributed by atoms with E-state index < -0.39 is 0 Å². The summed E-state index contributed by atoms with van der Waals surface area (Å²) < 4.78 is 23.4. The Morgan fingerprint density at radius 3 is 1.58 bits per heavy atom. The Kier molecular flexibility index (Phi) is 37.6. The number of halogens is 1. The second-order valence-corrected chi connectivity index (χ2v) is 14.2. The first kappa shape index (κ1) is 46.8. The van der Waals surface area contributed by atoms with Gasteiger partial charge in [0.05, 0.1) is 25.8 Å². The molecule has 0 aliphatic rings. The summed E-state index contributed by atoms with van der Waals surface area (Å²) in [6.45, 7) is 8.85. The second-order valence-electron chi connectivity index (χ2n) is 14.2. The minimum atomic E-state index is -0.242. The van der Waals surface area contributed by atoms with Gasteiger partial charge in [0.2, 0.25) is 0 Å². The lowest BCUT2D eigenvalue weighted by atomic mass is 9.95. The number of unbranched alkanes of at least 4 members (excludes halogenated alkanes) is 20. The molecule has 0 aromatic carbocycles. The number of carbonyl (C=O) groups is 2. The molecule has 286 valence electrons. The molecular weight excluding hydrogens is 605 g/mol. The van der Waals surface area contributed by atoms with E-state index >= 15 is 0 Å². The SMILES string of the molecule is CCCCCCCCCOC(=O)CCCCCCCN(CCCCO)CCCCCCCCOC(=O)C(CCCC)CCCCCCF. The minimum absolute atomic E-state index is 0.00985. The van der Waals surface area contributed by atoms with E-state index in [1.54, 1.807) is 0 Å². The summed E-state index contributed by atoms with van der Waals surface area (Å²) in [4.78, 5) is 27.2. The molecule has 0 saturated heterocycles. The summed E-state index contributed by atoms with van der Waals surface area (Å²) in [6, 6.07) is 0. The van der Waals surface area contributed by atoms with Crippen molar-refractivity contribution >= 4 is 11.9 Å². The van der Waals surface area contributed by atoms with E-state index in [0.717, 1.165) is 110 Å². The van der Waals surface area contributed by atoms with Crippen LogP contribution in [0.2, 0.25) is 0 Å². The van der Waals surface area contributed by atoms with Crippen LogP contribution in [0.25, 0.3) is 0 Å². The van der Waals surface area contributed by atoms with Crippen LogP contribution in [-0.4, -0.2) is 68.1 Å². The van der Waals surface area contributed by atoms with Crippen LogP contribution < -0.4 is 0 Å². The number of hydrogen-bond donors (Lipinski definition) is 1. The predicted octanol–water partition coefficient (Wildman–Crippen LogP) is 11.3. The summed E-state index contributed by atoms with van der Waals surface area (Å²) in [5, 5.41) is 9.22. The maximum Gasteiger partial charge on any atom is 0.308 e. The molecule has 1 atom stereocenters. The molecule has 0 aliphatic heterocycles. The molecule has 0 rings (SSSR count). The molecule has 0 saturated carbocycles. The first-order valence-electron chi connectivity index (χ1n) is 20.8. The van der Waals surface area contributed by atoms with E-state index in [0.29, 0.717) is 26.1 Å². The summed E-state index contributed by atoms with van der Waals surface area (Å²) in [6.07, 6.45) is 31.1. The molecule has 0 aromatic rings. The van der Waals surface area contributed by atoms with Gasteiger partial charge in [-0.3, -0.25) is 14.0 Å². The van der Waals surface area contributed by atoms with Crippen molar-refractivity contribution in [1.29, 1.82) is 0 Å². The first-order valence-corrected chi connectivity index (χ1v) is 20.8. The zero-order chi connectivity index (χ0) is 35.2. The summed E-state index contributed by atoms with van der Waals surface area (Å²) in [5.41, 5.74) is 0. The lowest BCUT2D eigenvalue weighted by Crippen LogP contribution is -2.27. The largest absolute Gasteiger partial charge is 0.466 e. The smallest absolute Gasteiger partial charge is 0.308 e. The van der Waals surface area contributed by atoms with E-state index in [1.807, 2.05) is 0 Å². The third kappa shape index (κ3) is 33.3. The Morgan fingerprint density at radius 2 is 1.00 bits per heavy atom. The van der Waals surface area contributed by atoms with Crippen LogP contribution in [-0.2, 0) is 19.1 Å². The van der Waals surface area contributed by atoms with E-state index in [-0.39, 0.29) is 31.1 Å². The number of hydrogen-bond acceptors (Lipinski definition) is 6. The maximum atomic E-state index is 12.6. The Balaban J connectivity index is 3.91. The van der Waals surface area contributed by atoms with Crippen LogP contribution >= 0.6 is 0 Å². The average molecular weight is 686 g/mol. The van der Waals surface area contributed by atoms with Crippen LogP contribution in [0.5, 0.6) is 0 Å². The zero-order valence-electron chi connectivity index (χ0n) is 31.9. The quantitative estimate of drug-likeness (QED) is 0.0513. The topological polar surface area (TPSA) is 76.1 Å². The minimum Gasteiger partial charge on any atom is -0.466 e. The highest BCUT2D eigenvalue weighted by Gasteiger charge is 2.19. The number of rotatable bonds is 39. The van der Waals surface area contributed by atoms with Crippen LogP contribution in [0.15, 0.2) is 0 Å². The number of esters is 2. The highest BCUT2D eigenvalue weighted by Crippen LogP contribution is 2.20. The molecule has 0 heterocycles. The third-order valence-corrected chi connectivity index (χ3v) is 9.54. The average Bonchev–Trinajstić information content (AvgIpc) is 3.09. The molecule has 0 spiro atoms. The maximum absolute atomic E-state index is 12.6. The zero-order valence-corrected chi connectivity index (χ0v) is 31.9. The van der Waals surface area contributed by atoms with Crippen molar-refractivity contribution in [3.8, 4) is 0 Å². The molecule has 0 aliphatic carbocycles. The van der Waals surface area contributed by atoms with Crippen LogP contribution in [0.1, 0.15) is 200 Å². The number of carbonyl (C=O) groups excluding carboxylic acids is 2. The molecule has 0 bridgehead atoms. The van der Waals surface area contributed by atoms with Gasteiger partial charge in [0.1, 0.15) is 0 Å². The van der Waals surface area contributed by atoms with E-state index in [9.17, 15) is 19.1 Å². The van der Waals surface area contributed by atoms with Crippen LogP contribution in [0, 0.1) is 5.92 Å². The molecule has 1 unspecified atom stereocenters. The fourth-order valence-corrected chi connectivity index (χ4v) is 6.34. The molecule has 0 radical (unpaired) electrons. The van der Waals surface area contributed by atoms with E-state index in [2.05, 4.69) is 18.7 Å². The van der Waals surface area contributed by atoms with Crippen molar-refractivity contribution in [3.63, 3.8) is 0 Å². The lowest BCUT2D eigenvalue weighted by Gasteiger charge is -2.22. The molecule has 0 amide bonds. The molecule has 48 heavy (non-hydrogen) atoms. The van der Waals surface area contributed by atoms with E-state index in [4.69, 9.17) is 9.47 Å². The predicted molar refractivity (Wildman–Crippen MR) is 200 cm³/mol. The van der Waals surface area contributed by atoms with Crippen LogP contribution in [0.4, 0.5) is 4.39 Å². The van der Waals surface area contributed by atoms with Crippen molar-refractivity contribution in [3.05, 3.63) is 0 Å². The lowest BCUT2D eigenvalue weighted by molar-refractivity contribution is -0.149. The normalized spacial score (nSPS) is 12.1. The van der Waals surface area contributed by atoms with Gasteiger partial charge in [-0.05, 0) is 83.8 Å². The summed E-state index contributed by atoms with van der Waals surface area (Å²) in [7, 11) is 0. The molecule has 0 aromatic heterocycles. The monoisotopic (exact) mass is 686 g/mol. The number of aliphatic hydroxyl groups excluding tert-OH is 1. The number of ether oxygens (including phenoxy) is 2. The van der Waals surface area contributed by atoms with Crippen molar-refractivity contribution < 1.29 is 28.6 Å². The Hall–Kier alpha value is -1.21. The highest BCUT2D eigenvalue weighted by atomic mass is 19.1. The van der Waals surface area contributed by atoms with Crippen molar-refractivity contribution in [1.82, 2.24) is 4.90 Å². The van der Waals surface area contributed by atoms with Gasteiger partial charge >= 0.3 is 11.9 Å². The van der Waals surface area contributed by atoms with Gasteiger partial charge in [-0.1, -0.05) is 129 Å². The first-order chi connectivity index (χ1) is 23.6. The summed E-state index contributed by atoms with van der Waals surface area (Å²) >= 11 is 0.